The molecule has 0 radical (unpaired) electrons. The molecule has 1 aromatic heterocycles. The molecular weight excluding hydrogens is 526 g/mol. The van der Waals surface area contributed by atoms with E-state index in [1.54, 1.807) is 13.0 Å². The second-order valence-corrected chi connectivity index (χ2v) is 10.1. The first-order valence-electron chi connectivity index (χ1n) is 13.7. The largest absolute Gasteiger partial charge is 0.458 e. The number of fused-ring (bicyclic) bond motifs is 1. The van der Waals surface area contributed by atoms with Crippen LogP contribution in [0.2, 0.25) is 0 Å². The van der Waals surface area contributed by atoms with Crippen molar-refractivity contribution in [3.05, 3.63) is 77.0 Å². The molecule has 1 saturated heterocycles. The summed E-state index contributed by atoms with van der Waals surface area (Å²) >= 11 is 0. The Bertz CT molecular complexity index is 1380. The smallest absolute Gasteiger partial charge is 0.303 e. The van der Waals surface area contributed by atoms with Gasteiger partial charge in [-0.1, -0.05) is 42.5 Å². The number of hydrogen-bond donors (Lipinski definition) is 3. The number of esters is 2. The second-order valence-electron chi connectivity index (χ2n) is 10.1. The Balaban J connectivity index is 1.20. The van der Waals surface area contributed by atoms with E-state index in [-0.39, 0.29) is 6.42 Å². The molecule has 4 atom stereocenters. The average Bonchev–Trinajstić information content (AvgIpc) is 3.25. The van der Waals surface area contributed by atoms with Gasteiger partial charge in [-0.25, -0.2) is 10.3 Å². The summed E-state index contributed by atoms with van der Waals surface area (Å²) in [6.45, 7) is 7.92. The van der Waals surface area contributed by atoms with Crippen LogP contribution in [0.5, 0.6) is 0 Å². The standard InChI is InChI=1S/C31H37N3O7/c1-19-25(26-7-5-6-8-27(26)33-19)15-16-32-18-24-11-9-23(10-12-24)13-14-29(37)34-41-30-17-28(39-21(3)35)31(20(2)38-30)40-22(4)36/h5-14,20,28,30-33H,15-18H2,1-4H3,(H,34,37)/b14-13+/t20-,28-,30-,31-/m0/s1. The van der Waals surface area contributed by atoms with Gasteiger partial charge in [-0.2, -0.15) is 0 Å². The normalized spacial score (nSPS) is 20.7. The fourth-order valence-electron chi connectivity index (χ4n) is 4.95. The van der Waals surface area contributed by atoms with E-state index in [4.69, 9.17) is 19.0 Å². The van der Waals surface area contributed by atoms with Gasteiger partial charge in [0.25, 0.3) is 5.91 Å². The molecule has 0 unspecified atom stereocenters. The number of rotatable bonds is 11. The highest BCUT2D eigenvalue weighted by Gasteiger charge is 2.41. The monoisotopic (exact) mass is 563 g/mol. The lowest BCUT2D eigenvalue weighted by Crippen LogP contribution is -2.52. The van der Waals surface area contributed by atoms with Gasteiger partial charge in [0.05, 0.1) is 6.10 Å². The van der Waals surface area contributed by atoms with Gasteiger partial charge < -0.3 is 24.5 Å². The van der Waals surface area contributed by atoms with Crippen LogP contribution < -0.4 is 10.8 Å². The van der Waals surface area contributed by atoms with Crippen molar-refractivity contribution in [2.24, 2.45) is 0 Å². The van der Waals surface area contributed by atoms with Crippen molar-refractivity contribution in [3.63, 3.8) is 0 Å². The fourth-order valence-corrected chi connectivity index (χ4v) is 4.95. The van der Waals surface area contributed by atoms with Crippen LogP contribution >= 0.6 is 0 Å². The van der Waals surface area contributed by atoms with E-state index in [1.807, 2.05) is 30.3 Å². The van der Waals surface area contributed by atoms with E-state index in [0.717, 1.165) is 30.6 Å². The van der Waals surface area contributed by atoms with Gasteiger partial charge in [-0.05, 0) is 55.6 Å². The van der Waals surface area contributed by atoms with E-state index in [9.17, 15) is 14.4 Å². The topological polar surface area (TPSA) is 128 Å². The van der Waals surface area contributed by atoms with Crippen molar-refractivity contribution in [1.29, 1.82) is 0 Å². The van der Waals surface area contributed by atoms with E-state index in [0.29, 0.717) is 0 Å². The SMILES string of the molecule is CC(=O)O[C@H]1[C@H](C)O[C@@H](ONC(=O)/C=C/c2ccc(CNCCc3c(C)[nH]c4ccccc34)cc2)C[C@@H]1OC(C)=O. The van der Waals surface area contributed by atoms with E-state index in [2.05, 4.69) is 40.9 Å². The molecule has 41 heavy (non-hydrogen) atoms. The molecule has 3 N–H and O–H groups in total. The maximum absolute atomic E-state index is 12.3. The molecule has 218 valence electrons. The maximum atomic E-state index is 12.3. The van der Waals surface area contributed by atoms with E-state index in [1.165, 1.54) is 42.1 Å². The fraction of sp³-hybridized carbons (Fsp3) is 0.387. The third kappa shape index (κ3) is 8.50. The van der Waals surface area contributed by atoms with Crippen LogP contribution in [0.3, 0.4) is 0 Å². The average molecular weight is 564 g/mol. The quantitative estimate of drug-likeness (QED) is 0.139. The molecule has 1 aliphatic rings. The van der Waals surface area contributed by atoms with E-state index < -0.39 is 42.4 Å². The Labute approximate surface area is 239 Å². The number of para-hydroxylation sites is 1. The minimum absolute atomic E-state index is 0.0861. The van der Waals surface area contributed by atoms with Crippen molar-refractivity contribution in [1.82, 2.24) is 15.8 Å². The summed E-state index contributed by atoms with van der Waals surface area (Å²) in [5, 5.41) is 4.78. The molecule has 4 rings (SSSR count). The van der Waals surface area contributed by atoms with Gasteiger partial charge in [0.1, 0.15) is 6.10 Å². The Hall–Kier alpha value is -3.99. The second kappa shape index (κ2) is 14.1. The van der Waals surface area contributed by atoms with Crippen molar-refractivity contribution in [2.45, 2.75) is 71.7 Å². The molecule has 0 spiro atoms. The van der Waals surface area contributed by atoms with Crippen molar-refractivity contribution in [3.8, 4) is 0 Å². The van der Waals surface area contributed by atoms with Crippen LogP contribution in [0.15, 0.2) is 54.6 Å². The van der Waals surface area contributed by atoms with Gasteiger partial charge in [-0.15, -0.1) is 0 Å². The minimum Gasteiger partial charge on any atom is -0.458 e. The molecule has 0 aliphatic carbocycles. The predicted molar refractivity (Wildman–Crippen MR) is 153 cm³/mol. The van der Waals surface area contributed by atoms with Crippen molar-refractivity contribution < 1.29 is 33.4 Å². The molecule has 1 amide bonds. The number of amides is 1. The summed E-state index contributed by atoms with van der Waals surface area (Å²) in [6.07, 6.45) is 1.04. The lowest BCUT2D eigenvalue weighted by molar-refractivity contribution is -0.268. The summed E-state index contributed by atoms with van der Waals surface area (Å²) < 4.78 is 16.2. The summed E-state index contributed by atoms with van der Waals surface area (Å²) in [6, 6.07) is 16.3. The zero-order valence-corrected chi connectivity index (χ0v) is 23.8. The van der Waals surface area contributed by atoms with Crippen LogP contribution in [-0.2, 0) is 46.4 Å². The first-order chi connectivity index (χ1) is 19.7. The molecule has 10 heteroatoms. The molecule has 10 nitrogen and oxygen atoms in total. The number of benzene rings is 2. The number of aromatic nitrogens is 1. The summed E-state index contributed by atoms with van der Waals surface area (Å²) in [5.74, 6) is -1.51. The number of hydrogen-bond acceptors (Lipinski definition) is 8. The molecule has 2 heterocycles. The molecule has 1 fully saturated rings. The predicted octanol–water partition coefficient (Wildman–Crippen LogP) is 3.87. The van der Waals surface area contributed by atoms with Crippen LogP contribution in [0.1, 0.15) is 49.6 Å². The first kappa shape index (κ1) is 30.0. The Morgan fingerprint density at radius 2 is 1.78 bits per heavy atom. The molecule has 2 aromatic carbocycles. The maximum Gasteiger partial charge on any atom is 0.303 e. The zero-order chi connectivity index (χ0) is 29.4. The molecule has 0 bridgehead atoms. The Kier molecular flexibility index (Phi) is 10.3. The van der Waals surface area contributed by atoms with Crippen molar-refractivity contribution in [2.75, 3.05) is 6.54 Å². The molecular formula is C31H37N3O7. The highest BCUT2D eigenvalue weighted by Crippen LogP contribution is 2.26. The van der Waals surface area contributed by atoms with Gasteiger partial charge in [0, 0.05) is 49.5 Å². The summed E-state index contributed by atoms with van der Waals surface area (Å²) in [5.41, 5.74) is 8.06. The van der Waals surface area contributed by atoms with Crippen LogP contribution in [0.25, 0.3) is 17.0 Å². The highest BCUT2D eigenvalue weighted by atomic mass is 16.8. The van der Waals surface area contributed by atoms with Crippen LogP contribution in [0, 0.1) is 6.92 Å². The molecule has 1 aliphatic heterocycles. The number of carbonyl (C=O) groups is 3. The third-order valence-corrected chi connectivity index (χ3v) is 6.85. The zero-order valence-electron chi connectivity index (χ0n) is 23.8. The van der Waals surface area contributed by atoms with Gasteiger partial charge >= 0.3 is 11.9 Å². The number of aromatic amines is 1. The first-order valence-corrected chi connectivity index (χ1v) is 13.7. The Morgan fingerprint density at radius 3 is 2.51 bits per heavy atom. The number of carbonyl (C=O) groups excluding carboxylic acids is 3. The Morgan fingerprint density at radius 1 is 1.05 bits per heavy atom. The van der Waals surface area contributed by atoms with Gasteiger partial charge in [0.2, 0.25) is 0 Å². The third-order valence-electron chi connectivity index (χ3n) is 6.85. The lowest BCUT2D eigenvalue weighted by Gasteiger charge is -2.38. The number of aryl methyl sites for hydroxylation is 1. The minimum atomic E-state index is -0.884. The highest BCUT2D eigenvalue weighted by molar-refractivity contribution is 5.91. The number of H-pyrrole nitrogens is 1. The van der Waals surface area contributed by atoms with Crippen LogP contribution in [-0.4, -0.2) is 54.0 Å². The van der Waals surface area contributed by atoms with Gasteiger partial charge in [-0.3, -0.25) is 14.4 Å². The molecule has 3 aromatic rings. The summed E-state index contributed by atoms with van der Waals surface area (Å²) in [7, 11) is 0. The van der Waals surface area contributed by atoms with Crippen LogP contribution in [0.4, 0.5) is 0 Å². The number of nitrogens with one attached hydrogen (secondary N) is 3. The van der Waals surface area contributed by atoms with Crippen molar-refractivity contribution >= 4 is 34.8 Å². The summed E-state index contributed by atoms with van der Waals surface area (Å²) in [4.78, 5) is 44.1. The van der Waals surface area contributed by atoms with E-state index >= 15 is 0 Å². The van der Waals surface area contributed by atoms with Gasteiger partial charge in [0.15, 0.2) is 12.4 Å². The lowest BCUT2D eigenvalue weighted by atomic mass is 10.0. The molecule has 0 saturated carbocycles. The number of ether oxygens (including phenoxy) is 3. The number of hydroxylamine groups is 1.